The van der Waals surface area contributed by atoms with Crippen molar-refractivity contribution in [2.75, 3.05) is 0 Å². The first-order valence-electron chi connectivity index (χ1n) is 7.33. The number of pyridine rings is 3. The van der Waals surface area contributed by atoms with E-state index in [4.69, 9.17) is 10.2 Å². The molecule has 3 aromatic rings. The summed E-state index contributed by atoms with van der Waals surface area (Å²) < 4.78 is 0. The molecule has 0 fully saturated rings. The molecule has 0 atom stereocenters. The van der Waals surface area contributed by atoms with Gasteiger partial charge in [-0.1, -0.05) is 18.2 Å². The van der Waals surface area contributed by atoms with E-state index in [1.807, 2.05) is 0 Å². The number of rotatable bonds is 3. The maximum absolute atomic E-state index is 10.1. The first-order valence-corrected chi connectivity index (χ1v) is 7.33. The maximum atomic E-state index is 10.1. The average Bonchev–Trinajstić information content (AvgIpc) is 2.71. The van der Waals surface area contributed by atoms with Crippen LogP contribution in [0.5, 0.6) is 0 Å². The molecule has 9 nitrogen and oxygen atoms in total. The van der Waals surface area contributed by atoms with Crippen LogP contribution in [0.4, 0.5) is 0 Å². The summed E-state index contributed by atoms with van der Waals surface area (Å²) in [5.74, 6) is -3.22. The predicted molar refractivity (Wildman–Crippen MR) is 91.0 cm³/mol. The fourth-order valence-electron chi connectivity index (χ4n) is 1.46. The molecule has 3 aromatic heterocycles. The molecule has 3 heterocycles. The molecular formula is C18H14CuN3O6. The molecule has 10 heteroatoms. The molecule has 0 saturated carbocycles. The van der Waals surface area contributed by atoms with E-state index in [9.17, 15) is 19.5 Å². The summed E-state index contributed by atoms with van der Waals surface area (Å²) in [5, 5.41) is 26.7. The molecule has 0 aliphatic heterocycles. The number of nitrogens with zero attached hydrogens (tertiary/aromatic N) is 3. The van der Waals surface area contributed by atoms with Crippen molar-refractivity contribution in [3.8, 4) is 0 Å². The van der Waals surface area contributed by atoms with Gasteiger partial charge in [0.05, 0.1) is 11.7 Å². The summed E-state index contributed by atoms with van der Waals surface area (Å²) in [6.45, 7) is 0. The van der Waals surface area contributed by atoms with Gasteiger partial charge in [-0.15, -0.1) is 0 Å². The fourth-order valence-corrected chi connectivity index (χ4v) is 1.46. The Labute approximate surface area is 170 Å². The van der Waals surface area contributed by atoms with Gasteiger partial charge in [0, 0.05) is 18.6 Å². The monoisotopic (exact) mass is 431 g/mol. The average molecular weight is 432 g/mol. The van der Waals surface area contributed by atoms with Gasteiger partial charge in [-0.25, -0.2) is 19.6 Å². The molecule has 0 bridgehead atoms. The van der Waals surface area contributed by atoms with Crippen LogP contribution in [0.1, 0.15) is 31.5 Å². The minimum absolute atomic E-state index is 0. The van der Waals surface area contributed by atoms with Gasteiger partial charge < -0.3 is 20.1 Å². The summed E-state index contributed by atoms with van der Waals surface area (Å²) in [6, 6.07) is 14.1. The van der Waals surface area contributed by atoms with Gasteiger partial charge in [0.1, 0.15) is 11.4 Å². The number of carboxylic acids is 3. The third-order valence-corrected chi connectivity index (χ3v) is 2.64. The van der Waals surface area contributed by atoms with E-state index in [1.54, 1.807) is 36.4 Å². The molecule has 0 aromatic carbocycles. The molecule has 148 valence electrons. The number of carbonyl (C=O) groups excluding carboxylic acids is 1. The summed E-state index contributed by atoms with van der Waals surface area (Å²) in [7, 11) is 0. The number of carboxylic acid groups (broad SMARTS) is 3. The second kappa shape index (κ2) is 13.6. The molecule has 28 heavy (non-hydrogen) atoms. The Balaban J connectivity index is 0.000000384. The molecule has 2 N–H and O–H groups in total. The van der Waals surface area contributed by atoms with Gasteiger partial charge in [-0.05, 0) is 36.4 Å². The third-order valence-electron chi connectivity index (χ3n) is 2.64. The van der Waals surface area contributed by atoms with Crippen LogP contribution in [0.2, 0.25) is 0 Å². The minimum atomic E-state index is -1.24. The number of hydrogen-bond donors (Lipinski definition) is 2. The Morgan fingerprint density at radius 3 is 1.11 bits per heavy atom. The Morgan fingerprint density at radius 1 is 0.643 bits per heavy atom. The van der Waals surface area contributed by atoms with E-state index in [2.05, 4.69) is 15.0 Å². The topological polar surface area (TPSA) is 153 Å². The number of aromatic nitrogens is 3. The van der Waals surface area contributed by atoms with Crippen LogP contribution >= 0.6 is 0 Å². The van der Waals surface area contributed by atoms with E-state index in [-0.39, 0.29) is 34.2 Å². The molecule has 0 unspecified atom stereocenters. The van der Waals surface area contributed by atoms with Crippen LogP contribution in [-0.4, -0.2) is 43.1 Å². The van der Waals surface area contributed by atoms with Crippen molar-refractivity contribution in [1.82, 2.24) is 15.0 Å². The van der Waals surface area contributed by atoms with Crippen molar-refractivity contribution in [2.24, 2.45) is 0 Å². The van der Waals surface area contributed by atoms with Gasteiger partial charge in [0.2, 0.25) is 0 Å². The zero-order valence-corrected chi connectivity index (χ0v) is 15.0. The maximum Gasteiger partial charge on any atom is 1.00 e. The van der Waals surface area contributed by atoms with Crippen molar-refractivity contribution in [1.29, 1.82) is 0 Å². The molecule has 0 spiro atoms. The zero-order chi connectivity index (χ0) is 20.1. The van der Waals surface area contributed by atoms with Crippen molar-refractivity contribution < 1.29 is 46.8 Å². The Morgan fingerprint density at radius 2 is 0.964 bits per heavy atom. The van der Waals surface area contributed by atoms with E-state index < -0.39 is 17.9 Å². The summed E-state index contributed by atoms with van der Waals surface area (Å²) >= 11 is 0. The van der Waals surface area contributed by atoms with Crippen LogP contribution < -0.4 is 5.11 Å². The van der Waals surface area contributed by atoms with Crippen molar-refractivity contribution in [3.63, 3.8) is 0 Å². The standard InChI is InChI=1S/3C6H5NO2.Cu/c3*8-6(9)5-3-1-2-4-7-5;/h3*1-4H,(H,8,9);/q;;;+1/p-1. The Hall–Kier alpha value is -3.62. The van der Waals surface area contributed by atoms with Gasteiger partial charge in [0.15, 0.2) is 0 Å². The smallest absolute Gasteiger partial charge is 0.543 e. The summed E-state index contributed by atoms with van der Waals surface area (Å²) in [4.78, 5) is 41.0. The minimum Gasteiger partial charge on any atom is -0.543 e. The van der Waals surface area contributed by atoms with Gasteiger partial charge >= 0.3 is 29.0 Å². The predicted octanol–water partition coefficient (Wildman–Crippen LogP) is 1.00. The normalized spacial score (nSPS) is 8.57. The molecule has 0 aliphatic carbocycles. The zero-order valence-electron chi connectivity index (χ0n) is 14.1. The second-order valence-corrected chi connectivity index (χ2v) is 4.54. The van der Waals surface area contributed by atoms with Crippen molar-refractivity contribution in [3.05, 3.63) is 90.3 Å². The van der Waals surface area contributed by atoms with Crippen LogP contribution in [-0.2, 0) is 17.1 Å². The van der Waals surface area contributed by atoms with Crippen LogP contribution in [0.25, 0.3) is 0 Å². The third kappa shape index (κ3) is 9.76. The van der Waals surface area contributed by atoms with E-state index in [0.717, 1.165) is 0 Å². The molecule has 0 amide bonds. The first-order chi connectivity index (χ1) is 12.9. The Kier molecular flexibility index (Phi) is 11.8. The van der Waals surface area contributed by atoms with Crippen molar-refractivity contribution in [2.45, 2.75) is 0 Å². The van der Waals surface area contributed by atoms with E-state index in [1.165, 1.54) is 36.8 Å². The fraction of sp³-hybridized carbons (Fsp3) is 0. The molecule has 0 aliphatic rings. The van der Waals surface area contributed by atoms with Crippen LogP contribution in [0.15, 0.2) is 73.2 Å². The molecule has 0 radical (unpaired) electrons. The molecule has 3 rings (SSSR count). The van der Waals surface area contributed by atoms with Crippen LogP contribution in [0.3, 0.4) is 0 Å². The number of aromatic carboxylic acids is 3. The number of hydrogen-bond acceptors (Lipinski definition) is 7. The Bertz CT molecular complexity index is 747. The van der Waals surface area contributed by atoms with E-state index >= 15 is 0 Å². The van der Waals surface area contributed by atoms with E-state index in [0.29, 0.717) is 0 Å². The number of carbonyl (C=O) groups is 3. The van der Waals surface area contributed by atoms with Crippen molar-refractivity contribution >= 4 is 17.9 Å². The summed E-state index contributed by atoms with van der Waals surface area (Å²) in [5.41, 5.74) is 0.132. The molecule has 0 saturated heterocycles. The van der Waals surface area contributed by atoms with Crippen LogP contribution in [0, 0.1) is 0 Å². The first kappa shape index (κ1) is 24.4. The quantitative estimate of drug-likeness (QED) is 0.578. The second-order valence-electron chi connectivity index (χ2n) is 4.54. The SMILES string of the molecule is O=C(O)c1ccccn1.O=C(O)c1ccccn1.O=C([O-])c1ccccn1.[Cu+]. The largest absolute Gasteiger partial charge is 1.00 e. The molecular weight excluding hydrogens is 418 g/mol. The summed E-state index contributed by atoms with van der Waals surface area (Å²) in [6.07, 6.45) is 4.30. The van der Waals surface area contributed by atoms with Gasteiger partial charge in [-0.2, -0.15) is 0 Å². The van der Waals surface area contributed by atoms with Gasteiger partial charge in [0.25, 0.3) is 0 Å². The van der Waals surface area contributed by atoms with Gasteiger partial charge in [-0.3, -0.25) is 4.98 Å².